The van der Waals surface area contributed by atoms with Crippen LogP contribution in [0.5, 0.6) is 5.75 Å². The third-order valence-corrected chi connectivity index (χ3v) is 4.38. The second-order valence-electron chi connectivity index (χ2n) is 6.08. The summed E-state index contributed by atoms with van der Waals surface area (Å²) in [5.74, 6) is 1.72. The van der Waals surface area contributed by atoms with Crippen molar-refractivity contribution in [3.8, 4) is 5.75 Å². The Hall–Kier alpha value is -2.56. The highest BCUT2D eigenvalue weighted by molar-refractivity contribution is 5.92. The SMILES string of the molecule is COc1ccccc1Nc1ccc(NC(=O)C2CCCCC2)cn1. The lowest BCUT2D eigenvalue weighted by molar-refractivity contribution is -0.120. The van der Waals surface area contributed by atoms with Crippen molar-refractivity contribution in [3.63, 3.8) is 0 Å². The molecular formula is C19H23N3O2. The lowest BCUT2D eigenvalue weighted by Gasteiger charge is -2.20. The van der Waals surface area contributed by atoms with Gasteiger partial charge in [-0.15, -0.1) is 0 Å². The number of rotatable bonds is 5. The second kappa shape index (κ2) is 7.81. The van der Waals surface area contributed by atoms with Gasteiger partial charge in [0.05, 0.1) is 24.7 Å². The molecule has 1 aromatic heterocycles. The van der Waals surface area contributed by atoms with E-state index < -0.39 is 0 Å². The van der Waals surface area contributed by atoms with Crippen LogP contribution < -0.4 is 15.4 Å². The molecule has 1 fully saturated rings. The molecule has 0 atom stereocenters. The van der Waals surface area contributed by atoms with Gasteiger partial charge in [0.25, 0.3) is 0 Å². The highest BCUT2D eigenvalue weighted by Gasteiger charge is 2.21. The Labute approximate surface area is 142 Å². The van der Waals surface area contributed by atoms with Gasteiger partial charge in [0.2, 0.25) is 5.91 Å². The van der Waals surface area contributed by atoms with Crippen molar-refractivity contribution in [2.24, 2.45) is 5.92 Å². The Morgan fingerprint density at radius 1 is 1.12 bits per heavy atom. The zero-order chi connectivity index (χ0) is 16.8. The van der Waals surface area contributed by atoms with Crippen LogP contribution in [0, 0.1) is 5.92 Å². The van der Waals surface area contributed by atoms with Gasteiger partial charge in [-0.3, -0.25) is 4.79 Å². The summed E-state index contributed by atoms with van der Waals surface area (Å²) in [7, 11) is 1.64. The summed E-state index contributed by atoms with van der Waals surface area (Å²) in [4.78, 5) is 16.6. The summed E-state index contributed by atoms with van der Waals surface area (Å²) in [5.41, 5.74) is 1.59. The maximum Gasteiger partial charge on any atom is 0.227 e. The molecular weight excluding hydrogens is 302 g/mol. The fourth-order valence-corrected chi connectivity index (χ4v) is 3.04. The lowest BCUT2D eigenvalue weighted by Crippen LogP contribution is -2.24. The van der Waals surface area contributed by atoms with Crippen LogP contribution in [0.25, 0.3) is 0 Å². The molecule has 24 heavy (non-hydrogen) atoms. The van der Waals surface area contributed by atoms with E-state index in [9.17, 15) is 4.79 Å². The first kappa shape index (κ1) is 16.3. The zero-order valence-corrected chi connectivity index (χ0v) is 13.9. The fourth-order valence-electron chi connectivity index (χ4n) is 3.04. The number of amides is 1. The van der Waals surface area contributed by atoms with Gasteiger partial charge in [-0.25, -0.2) is 4.98 Å². The third kappa shape index (κ3) is 4.04. The molecule has 0 aliphatic heterocycles. The number of pyridine rings is 1. The van der Waals surface area contributed by atoms with Crippen molar-refractivity contribution in [2.75, 3.05) is 17.7 Å². The Morgan fingerprint density at radius 3 is 2.62 bits per heavy atom. The number of benzene rings is 1. The van der Waals surface area contributed by atoms with E-state index in [-0.39, 0.29) is 11.8 Å². The Morgan fingerprint density at radius 2 is 1.92 bits per heavy atom. The number of hydrogen-bond acceptors (Lipinski definition) is 4. The van der Waals surface area contributed by atoms with Gasteiger partial charge in [-0.1, -0.05) is 31.4 Å². The number of carbonyl (C=O) groups is 1. The minimum atomic E-state index is 0.113. The Kier molecular flexibility index (Phi) is 5.31. The number of nitrogens with zero attached hydrogens (tertiary/aromatic N) is 1. The third-order valence-electron chi connectivity index (χ3n) is 4.38. The maximum atomic E-state index is 12.3. The first-order valence-electron chi connectivity index (χ1n) is 8.43. The second-order valence-corrected chi connectivity index (χ2v) is 6.08. The number of ether oxygens (including phenoxy) is 1. The summed E-state index contributed by atoms with van der Waals surface area (Å²) < 4.78 is 5.31. The molecule has 0 spiro atoms. The smallest absolute Gasteiger partial charge is 0.227 e. The van der Waals surface area contributed by atoms with Gasteiger partial charge < -0.3 is 15.4 Å². The zero-order valence-electron chi connectivity index (χ0n) is 13.9. The summed E-state index contributed by atoms with van der Waals surface area (Å²) in [6, 6.07) is 11.4. The molecule has 5 heteroatoms. The molecule has 0 bridgehead atoms. The van der Waals surface area contributed by atoms with Crippen LogP contribution in [0.2, 0.25) is 0 Å². The van der Waals surface area contributed by atoms with Crippen LogP contribution in [0.3, 0.4) is 0 Å². The number of aromatic nitrogens is 1. The normalized spacial score (nSPS) is 14.9. The van der Waals surface area contributed by atoms with Crippen molar-refractivity contribution in [1.82, 2.24) is 4.98 Å². The van der Waals surface area contributed by atoms with Crippen molar-refractivity contribution < 1.29 is 9.53 Å². The molecule has 1 aliphatic carbocycles. The number of anilines is 3. The van der Waals surface area contributed by atoms with Gasteiger partial charge in [-0.2, -0.15) is 0 Å². The van der Waals surface area contributed by atoms with Crippen molar-refractivity contribution in [2.45, 2.75) is 32.1 Å². The number of methoxy groups -OCH3 is 1. The average Bonchev–Trinajstić information content (AvgIpc) is 2.64. The summed E-state index contributed by atoms with van der Waals surface area (Å²) in [6.45, 7) is 0. The van der Waals surface area contributed by atoms with Crippen molar-refractivity contribution in [3.05, 3.63) is 42.6 Å². The van der Waals surface area contributed by atoms with Crippen LogP contribution >= 0.6 is 0 Å². The molecule has 5 nitrogen and oxygen atoms in total. The number of para-hydroxylation sites is 2. The largest absolute Gasteiger partial charge is 0.495 e. The first-order chi connectivity index (χ1) is 11.8. The topological polar surface area (TPSA) is 63.2 Å². The molecule has 0 radical (unpaired) electrons. The van der Waals surface area contributed by atoms with E-state index in [4.69, 9.17) is 4.74 Å². The molecule has 0 saturated heterocycles. The lowest BCUT2D eigenvalue weighted by atomic mass is 9.88. The number of carbonyl (C=O) groups excluding carboxylic acids is 1. The van der Waals surface area contributed by atoms with E-state index in [0.717, 1.165) is 42.8 Å². The van der Waals surface area contributed by atoms with Gasteiger partial charge in [0.1, 0.15) is 11.6 Å². The van der Waals surface area contributed by atoms with Crippen LogP contribution in [-0.4, -0.2) is 18.0 Å². The quantitative estimate of drug-likeness (QED) is 0.857. The predicted molar refractivity (Wildman–Crippen MR) is 95.7 cm³/mol. The van der Waals surface area contributed by atoms with Crippen molar-refractivity contribution in [1.29, 1.82) is 0 Å². The van der Waals surface area contributed by atoms with E-state index in [0.29, 0.717) is 5.82 Å². The molecule has 2 aromatic rings. The van der Waals surface area contributed by atoms with Gasteiger partial charge in [0.15, 0.2) is 0 Å². The van der Waals surface area contributed by atoms with E-state index in [2.05, 4.69) is 15.6 Å². The molecule has 1 heterocycles. The molecule has 0 unspecified atom stereocenters. The fraction of sp³-hybridized carbons (Fsp3) is 0.368. The van der Waals surface area contributed by atoms with Crippen LogP contribution in [0.4, 0.5) is 17.2 Å². The summed E-state index contributed by atoms with van der Waals surface area (Å²) in [6.07, 6.45) is 7.21. The number of hydrogen-bond donors (Lipinski definition) is 2. The molecule has 126 valence electrons. The summed E-state index contributed by atoms with van der Waals surface area (Å²) >= 11 is 0. The van der Waals surface area contributed by atoms with E-state index in [1.165, 1.54) is 6.42 Å². The predicted octanol–water partition coefficient (Wildman–Crippen LogP) is 4.35. The van der Waals surface area contributed by atoms with Gasteiger partial charge in [0, 0.05) is 5.92 Å². The minimum absolute atomic E-state index is 0.113. The molecule has 1 saturated carbocycles. The Balaban J connectivity index is 1.61. The molecule has 1 aliphatic rings. The standard InChI is InChI=1S/C19H23N3O2/c1-24-17-10-6-5-9-16(17)22-18-12-11-15(13-20-18)21-19(23)14-7-3-2-4-8-14/h5-6,9-14H,2-4,7-8H2,1H3,(H,20,22)(H,21,23). The molecule has 3 rings (SSSR count). The molecule has 2 N–H and O–H groups in total. The number of nitrogens with one attached hydrogen (secondary N) is 2. The van der Waals surface area contributed by atoms with Gasteiger partial charge in [-0.05, 0) is 37.1 Å². The summed E-state index contributed by atoms with van der Waals surface area (Å²) in [5, 5.41) is 6.19. The van der Waals surface area contributed by atoms with E-state index in [1.807, 2.05) is 36.4 Å². The van der Waals surface area contributed by atoms with Crippen LogP contribution in [0.1, 0.15) is 32.1 Å². The minimum Gasteiger partial charge on any atom is -0.495 e. The average molecular weight is 325 g/mol. The van der Waals surface area contributed by atoms with E-state index >= 15 is 0 Å². The molecule has 1 amide bonds. The van der Waals surface area contributed by atoms with Crippen LogP contribution in [0.15, 0.2) is 42.6 Å². The highest BCUT2D eigenvalue weighted by Crippen LogP contribution is 2.27. The molecule has 1 aromatic carbocycles. The first-order valence-corrected chi connectivity index (χ1v) is 8.43. The van der Waals surface area contributed by atoms with Gasteiger partial charge >= 0.3 is 0 Å². The van der Waals surface area contributed by atoms with E-state index in [1.54, 1.807) is 13.3 Å². The van der Waals surface area contributed by atoms with Crippen LogP contribution in [-0.2, 0) is 4.79 Å². The monoisotopic (exact) mass is 325 g/mol. The Bertz CT molecular complexity index is 679. The maximum absolute atomic E-state index is 12.3. The highest BCUT2D eigenvalue weighted by atomic mass is 16.5. The van der Waals surface area contributed by atoms with Crippen molar-refractivity contribution >= 4 is 23.1 Å².